The maximum Gasteiger partial charge on any atom is 0.257 e. The number of anilines is 1. The lowest BCUT2D eigenvalue weighted by Crippen LogP contribution is -2.43. The van der Waals surface area contributed by atoms with Gasteiger partial charge in [-0.05, 0) is 38.3 Å². The number of hydrogen-bond donors (Lipinski definition) is 2. The van der Waals surface area contributed by atoms with Crippen LogP contribution in [0.4, 0.5) is 5.69 Å². The summed E-state index contributed by atoms with van der Waals surface area (Å²) in [7, 11) is 0. The van der Waals surface area contributed by atoms with Gasteiger partial charge in [0.1, 0.15) is 0 Å². The molecule has 8 heteroatoms. The van der Waals surface area contributed by atoms with Crippen LogP contribution in [0, 0.1) is 0 Å². The summed E-state index contributed by atoms with van der Waals surface area (Å²) >= 11 is 0. The summed E-state index contributed by atoms with van der Waals surface area (Å²) in [5.41, 5.74) is 2.97. The van der Waals surface area contributed by atoms with Gasteiger partial charge in [0.25, 0.3) is 5.91 Å². The van der Waals surface area contributed by atoms with E-state index in [1.807, 2.05) is 43.0 Å². The van der Waals surface area contributed by atoms with E-state index in [0.717, 1.165) is 24.1 Å². The second kappa shape index (κ2) is 8.91. The minimum absolute atomic E-state index is 0.0161. The molecule has 2 aliphatic rings. The van der Waals surface area contributed by atoms with Gasteiger partial charge in [0, 0.05) is 44.2 Å². The molecule has 0 radical (unpaired) electrons. The number of carbonyl (C=O) groups is 3. The van der Waals surface area contributed by atoms with Crippen LogP contribution in [-0.4, -0.2) is 63.9 Å². The normalized spacial score (nSPS) is 20.7. The molecule has 3 amide bonds. The van der Waals surface area contributed by atoms with Gasteiger partial charge in [-0.2, -0.15) is 5.10 Å². The van der Waals surface area contributed by atoms with Crippen LogP contribution < -0.4 is 5.32 Å². The van der Waals surface area contributed by atoms with Crippen molar-refractivity contribution >= 4 is 23.4 Å². The zero-order valence-electron chi connectivity index (χ0n) is 18.1. The topological polar surface area (TPSA) is 98.4 Å². The summed E-state index contributed by atoms with van der Waals surface area (Å²) in [5.74, 6) is -0.644. The third kappa shape index (κ3) is 4.06. The lowest BCUT2D eigenvalue weighted by atomic mass is 9.87. The molecule has 2 aliphatic heterocycles. The fourth-order valence-electron chi connectivity index (χ4n) is 4.72. The molecule has 4 rings (SSSR count). The first kappa shape index (κ1) is 21.1. The van der Waals surface area contributed by atoms with Crippen LogP contribution in [-0.2, 0) is 9.59 Å². The van der Waals surface area contributed by atoms with Crippen LogP contribution in [0.3, 0.4) is 0 Å². The van der Waals surface area contributed by atoms with Crippen molar-refractivity contribution in [1.82, 2.24) is 20.0 Å². The van der Waals surface area contributed by atoms with Crippen LogP contribution in [0.15, 0.2) is 30.5 Å². The van der Waals surface area contributed by atoms with Gasteiger partial charge in [0.2, 0.25) is 11.8 Å². The quantitative estimate of drug-likeness (QED) is 0.773. The molecule has 1 aromatic heterocycles. The molecule has 0 bridgehead atoms. The van der Waals surface area contributed by atoms with E-state index in [1.54, 1.807) is 11.1 Å². The molecule has 0 unspecified atom stereocenters. The molecule has 1 fully saturated rings. The molecule has 164 valence electrons. The molecular formula is C23H29N5O3. The Morgan fingerprint density at radius 2 is 2.00 bits per heavy atom. The lowest BCUT2D eigenvalue weighted by Gasteiger charge is -2.36. The molecule has 0 saturated carbocycles. The second-order valence-electron chi connectivity index (χ2n) is 8.19. The SMILES string of the molecule is CCN(CC)C(=O)c1cn[nH]c1[C@@H]1CCCN(C(=O)[C@H]2CC(=O)Nc3ccccc32)C1. The van der Waals surface area contributed by atoms with Gasteiger partial charge in [0.15, 0.2) is 0 Å². The van der Waals surface area contributed by atoms with E-state index in [9.17, 15) is 14.4 Å². The van der Waals surface area contributed by atoms with Crippen molar-refractivity contribution in [1.29, 1.82) is 0 Å². The van der Waals surface area contributed by atoms with Crippen molar-refractivity contribution in [2.24, 2.45) is 0 Å². The van der Waals surface area contributed by atoms with Gasteiger partial charge in [-0.15, -0.1) is 0 Å². The highest BCUT2D eigenvalue weighted by atomic mass is 16.2. The number of rotatable bonds is 5. The van der Waals surface area contributed by atoms with Crippen LogP contribution in [0.5, 0.6) is 0 Å². The van der Waals surface area contributed by atoms with Crippen molar-refractivity contribution in [3.63, 3.8) is 0 Å². The summed E-state index contributed by atoms with van der Waals surface area (Å²) in [4.78, 5) is 42.2. The molecule has 1 saturated heterocycles. The Morgan fingerprint density at radius 1 is 1.23 bits per heavy atom. The van der Waals surface area contributed by atoms with Crippen LogP contribution in [0.1, 0.15) is 66.6 Å². The Kier molecular flexibility index (Phi) is 6.06. The molecule has 3 heterocycles. The number of H-pyrrole nitrogens is 1. The van der Waals surface area contributed by atoms with E-state index in [-0.39, 0.29) is 30.1 Å². The first-order valence-corrected chi connectivity index (χ1v) is 11.0. The van der Waals surface area contributed by atoms with E-state index in [1.165, 1.54) is 0 Å². The third-order valence-electron chi connectivity index (χ3n) is 6.39. The van der Waals surface area contributed by atoms with Gasteiger partial charge >= 0.3 is 0 Å². The van der Waals surface area contributed by atoms with E-state index in [0.29, 0.717) is 37.4 Å². The monoisotopic (exact) mass is 423 g/mol. The van der Waals surface area contributed by atoms with Crippen LogP contribution in [0.2, 0.25) is 0 Å². The largest absolute Gasteiger partial charge is 0.341 e. The van der Waals surface area contributed by atoms with Crippen LogP contribution in [0.25, 0.3) is 0 Å². The van der Waals surface area contributed by atoms with Crippen molar-refractivity contribution in [3.8, 4) is 0 Å². The number of carbonyl (C=O) groups excluding carboxylic acids is 3. The molecule has 8 nitrogen and oxygen atoms in total. The number of fused-ring (bicyclic) bond motifs is 1. The first-order chi connectivity index (χ1) is 15.0. The average Bonchev–Trinajstić information content (AvgIpc) is 3.29. The van der Waals surface area contributed by atoms with Crippen molar-refractivity contribution < 1.29 is 14.4 Å². The minimum atomic E-state index is -0.470. The van der Waals surface area contributed by atoms with E-state index in [2.05, 4.69) is 15.5 Å². The Balaban J connectivity index is 1.54. The highest BCUT2D eigenvalue weighted by molar-refractivity contribution is 6.01. The number of likely N-dealkylation sites (tertiary alicyclic amines) is 1. The molecule has 0 aliphatic carbocycles. The van der Waals surface area contributed by atoms with Gasteiger partial charge in [-0.25, -0.2) is 0 Å². The molecule has 2 aromatic rings. The number of hydrogen-bond acceptors (Lipinski definition) is 4. The molecule has 2 atom stereocenters. The predicted molar refractivity (Wildman–Crippen MR) is 117 cm³/mol. The number of piperidine rings is 1. The van der Waals surface area contributed by atoms with Crippen LogP contribution >= 0.6 is 0 Å². The molecule has 1 aromatic carbocycles. The molecule has 0 spiro atoms. The second-order valence-corrected chi connectivity index (χ2v) is 8.19. The Hall–Kier alpha value is -3.16. The van der Waals surface area contributed by atoms with E-state index < -0.39 is 5.92 Å². The Bertz CT molecular complexity index is 981. The van der Waals surface area contributed by atoms with Gasteiger partial charge in [-0.3, -0.25) is 19.5 Å². The first-order valence-electron chi connectivity index (χ1n) is 11.0. The number of benzene rings is 1. The number of nitrogens with zero attached hydrogens (tertiary/aromatic N) is 3. The van der Waals surface area contributed by atoms with Crippen molar-refractivity contribution in [2.75, 3.05) is 31.5 Å². The van der Waals surface area contributed by atoms with Crippen molar-refractivity contribution in [2.45, 2.75) is 44.9 Å². The van der Waals surface area contributed by atoms with Gasteiger partial charge in [-0.1, -0.05) is 18.2 Å². The highest BCUT2D eigenvalue weighted by Gasteiger charge is 2.36. The summed E-state index contributed by atoms with van der Waals surface area (Å²) in [5, 5.41) is 10.0. The predicted octanol–water partition coefficient (Wildman–Crippen LogP) is 2.72. The maximum atomic E-state index is 13.4. The molecular weight excluding hydrogens is 394 g/mol. The summed E-state index contributed by atoms with van der Waals surface area (Å²) in [6.45, 7) is 6.36. The summed E-state index contributed by atoms with van der Waals surface area (Å²) < 4.78 is 0. The third-order valence-corrected chi connectivity index (χ3v) is 6.39. The van der Waals surface area contributed by atoms with Gasteiger partial charge < -0.3 is 15.1 Å². The fourth-order valence-corrected chi connectivity index (χ4v) is 4.72. The number of amides is 3. The van der Waals surface area contributed by atoms with E-state index in [4.69, 9.17) is 0 Å². The standard InChI is InChI=1S/C23H29N5O3/c1-3-27(4-2)23(31)18-13-24-26-21(18)15-8-7-11-28(14-15)22(30)17-12-20(29)25-19-10-6-5-9-16(17)19/h5-6,9-10,13,15,17H,3-4,7-8,11-12,14H2,1-2H3,(H,24,26)(H,25,29)/t15-,17+/m1/s1. The zero-order valence-corrected chi connectivity index (χ0v) is 18.1. The molecule has 31 heavy (non-hydrogen) atoms. The minimum Gasteiger partial charge on any atom is -0.341 e. The maximum absolute atomic E-state index is 13.4. The van der Waals surface area contributed by atoms with Gasteiger partial charge in [0.05, 0.1) is 23.4 Å². The summed E-state index contributed by atoms with van der Waals surface area (Å²) in [6, 6.07) is 7.50. The lowest BCUT2D eigenvalue weighted by molar-refractivity contribution is -0.136. The fraction of sp³-hybridized carbons (Fsp3) is 0.478. The zero-order chi connectivity index (χ0) is 22.0. The summed E-state index contributed by atoms with van der Waals surface area (Å²) in [6.07, 6.45) is 3.48. The van der Waals surface area contributed by atoms with E-state index >= 15 is 0 Å². The number of aromatic amines is 1. The average molecular weight is 424 g/mol. The molecule has 2 N–H and O–H groups in total. The highest BCUT2D eigenvalue weighted by Crippen LogP contribution is 2.35. The number of para-hydroxylation sites is 1. The Labute approximate surface area is 182 Å². The number of aromatic nitrogens is 2. The van der Waals surface area contributed by atoms with Crippen molar-refractivity contribution in [3.05, 3.63) is 47.3 Å². The Morgan fingerprint density at radius 3 is 2.77 bits per heavy atom. The number of nitrogens with one attached hydrogen (secondary N) is 2. The smallest absolute Gasteiger partial charge is 0.257 e.